The van der Waals surface area contributed by atoms with Crippen molar-refractivity contribution in [1.82, 2.24) is 9.80 Å². The van der Waals surface area contributed by atoms with Gasteiger partial charge in [0.2, 0.25) is 0 Å². The number of nitrogens with zero attached hydrogens (tertiary/aromatic N) is 2. The van der Waals surface area contributed by atoms with Crippen molar-refractivity contribution in [1.29, 1.82) is 0 Å². The summed E-state index contributed by atoms with van der Waals surface area (Å²) < 4.78 is 13.6. The summed E-state index contributed by atoms with van der Waals surface area (Å²) in [5, 5.41) is 0. The fourth-order valence-electron chi connectivity index (χ4n) is 2.60. The first kappa shape index (κ1) is 15.0. The molecule has 0 aromatic heterocycles. The van der Waals surface area contributed by atoms with Crippen molar-refractivity contribution in [2.75, 3.05) is 33.7 Å². The Balaban J connectivity index is 2.04. The summed E-state index contributed by atoms with van der Waals surface area (Å²) in [6.45, 7) is 3.17. The van der Waals surface area contributed by atoms with Crippen LogP contribution in [0.15, 0.2) is 18.2 Å². The van der Waals surface area contributed by atoms with Gasteiger partial charge in [0.05, 0.1) is 6.54 Å². The maximum absolute atomic E-state index is 13.6. The maximum atomic E-state index is 13.6. The number of likely N-dealkylation sites (tertiary alicyclic amines) is 1. The highest BCUT2D eigenvalue weighted by molar-refractivity contribution is 5.38. The highest BCUT2D eigenvalue weighted by atomic mass is 19.1. The number of rotatable bonds is 3. The van der Waals surface area contributed by atoms with Gasteiger partial charge >= 0.3 is 0 Å². The fourth-order valence-corrected chi connectivity index (χ4v) is 2.60. The van der Waals surface area contributed by atoms with Crippen molar-refractivity contribution >= 4 is 0 Å². The zero-order valence-corrected chi connectivity index (χ0v) is 12.2. The molecule has 2 rings (SSSR count). The third-order valence-electron chi connectivity index (χ3n) is 3.68. The molecule has 1 fully saturated rings. The van der Waals surface area contributed by atoms with E-state index in [9.17, 15) is 4.39 Å². The molecule has 0 amide bonds. The predicted octanol–water partition coefficient (Wildman–Crippen LogP) is 1.27. The average Bonchev–Trinajstić information content (AvgIpc) is 2.84. The van der Waals surface area contributed by atoms with Gasteiger partial charge in [0.1, 0.15) is 5.82 Å². The molecular formula is C16H22FN3. The van der Waals surface area contributed by atoms with Gasteiger partial charge in [0.15, 0.2) is 0 Å². The van der Waals surface area contributed by atoms with Crippen LogP contribution < -0.4 is 5.73 Å². The molecule has 1 aliphatic rings. The summed E-state index contributed by atoms with van der Waals surface area (Å²) in [5.41, 5.74) is 7.03. The monoisotopic (exact) mass is 275 g/mol. The van der Waals surface area contributed by atoms with Gasteiger partial charge in [-0.1, -0.05) is 11.8 Å². The molecular weight excluding hydrogens is 253 g/mol. The molecule has 3 nitrogen and oxygen atoms in total. The molecule has 4 heteroatoms. The van der Waals surface area contributed by atoms with Crippen LogP contribution in [-0.2, 0) is 6.54 Å². The summed E-state index contributed by atoms with van der Waals surface area (Å²) in [5.74, 6) is 5.43. The fraction of sp³-hybridized carbons (Fsp3) is 0.500. The molecule has 1 aromatic rings. The number of hydrogen-bond donors (Lipinski definition) is 1. The first-order valence-corrected chi connectivity index (χ1v) is 6.95. The Morgan fingerprint density at radius 1 is 1.40 bits per heavy atom. The minimum Gasteiger partial charge on any atom is -0.320 e. The van der Waals surface area contributed by atoms with E-state index in [1.807, 2.05) is 6.07 Å². The number of nitrogens with two attached hydrogens (primary N) is 1. The Hall–Kier alpha value is -1.41. The summed E-state index contributed by atoms with van der Waals surface area (Å²) in [6.07, 6.45) is 1.17. The second-order valence-electron chi connectivity index (χ2n) is 5.50. The lowest BCUT2D eigenvalue weighted by molar-refractivity contribution is 0.264. The Morgan fingerprint density at radius 2 is 2.20 bits per heavy atom. The molecule has 1 heterocycles. The van der Waals surface area contributed by atoms with Crippen LogP contribution in [0.5, 0.6) is 0 Å². The number of halogens is 1. The number of hydrogen-bond acceptors (Lipinski definition) is 3. The number of likely N-dealkylation sites (N-methyl/N-ethyl adjacent to an activating group) is 1. The van der Waals surface area contributed by atoms with Crippen LogP contribution in [0, 0.1) is 17.7 Å². The zero-order valence-electron chi connectivity index (χ0n) is 12.2. The lowest BCUT2D eigenvalue weighted by atomic mass is 10.1. The third-order valence-corrected chi connectivity index (χ3v) is 3.68. The van der Waals surface area contributed by atoms with Crippen molar-refractivity contribution in [3.63, 3.8) is 0 Å². The lowest BCUT2D eigenvalue weighted by Gasteiger charge is -2.20. The topological polar surface area (TPSA) is 32.5 Å². The smallest absolute Gasteiger partial charge is 0.124 e. The van der Waals surface area contributed by atoms with E-state index in [4.69, 9.17) is 5.73 Å². The van der Waals surface area contributed by atoms with Crippen LogP contribution in [0.4, 0.5) is 4.39 Å². The Bertz CT molecular complexity index is 516. The van der Waals surface area contributed by atoms with E-state index < -0.39 is 0 Å². The zero-order chi connectivity index (χ0) is 14.5. The second kappa shape index (κ2) is 6.85. The minimum atomic E-state index is -0.229. The van der Waals surface area contributed by atoms with E-state index in [1.165, 1.54) is 12.5 Å². The Morgan fingerprint density at radius 3 is 2.85 bits per heavy atom. The normalized spacial score (nSPS) is 19.1. The second-order valence-corrected chi connectivity index (χ2v) is 5.50. The Labute approximate surface area is 120 Å². The van der Waals surface area contributed by atoms with Gasteiger partial charge in [0.25, 0.3) is 0 Å². The van der Waals surface area contributed by atoms with E-state index in [1.54, 1.807) is 6.07 Å². The van der Waals surface area contributed by atoms with Crippen LogP contribution in [0.1, 0.15) is 17.5 Å². The molecule has 1 saturated heterocycles. The number of benzene rings is 1. The molecule has 1 aromatic carbocycles. The average molecular weight is 275 g/mol. The van der Waals surface area contributed by atoms with E-state index in [0.717, 1.165) is 25.2 Å². The molecule has 0 radical (unpaired) electrons. The molecule has 0 aliphatic carbocycles. The highest BCUT2D eigenvalue weighted by Gasteiger charge is 2.23. The maximum Gasteiger partial charge on any atom is 0.124 e. The van der Waals surface area contributed by atoms with Crippen molar-refractivity contribution in [3.8, 4) is 11.8 Å². The summed E-state index contributed by atoms with van der Waals surface area (Å²) >= 11 is 0. The van der Waals surface area contributed by atoms with Crippen LogP contribution in [-0.4, -0.2) is 49.6 Å². The van der Waals surface area contributed by atoms with Gasteiger partial charge in [-0.05, 0) is 44.3 Å². The quantitative estimate of drug-likeness (QED) is 0.843. The van der Waals surface area contributed by atoms with Gasteiger partial charge in [-0.2, -0.15) is 0 Å². The largest absolute Gasteiger partial charge is 0.320 e. The van der Waals surface area contributed by atoms with Gasteiger partial charge < -0.3 is 10.6 Å². The van der Waals surface area contributed by atoms with E-state index in [2.05, 4.69) is 35.7 Å². The first-order valence-electron chi connectivity index (χ1n) is 6.95. The minimum absolute atomic E-state index is 0.229. The van der Waals surface area contributed by atoms with E-state index in [0.29, 0.717) is 18.2 Å². The summed E-state index contributed by atoms with van der Waals surface area (Å²) in [6, 6.07) is 5.60. The van der Waals surface area contributed by atoms with Crippen molar-refractivity contribution in [2.45, 2.75) is 19.0 Å². The molecule has 1 atom stereocenters. The van der Waals surface area contributed by atoms with Gasteiger partial charge in [-0.3, -0.25) is 4.90 Å². The molecule has 0 saturated carbocycles. The Kier molecular flexibility index (Phi) is 5.13. The third kappa shape index (κ3) is 4.04. The molecule has 0 spiro atoms. The highest BCUT2D eigenvalue weighted by Crippen LogP contribution is 2.17. The molecule has 108 valence electrons. The summed E-state index contributed by atoms with van der Waals surface area (Å²) in [4.78, 5) is 4.61. The first-order chi connectivity index (χ1) is 9.58. The molecule has 1 unspecified atom stereocenters. The summed E-state index contributed by atoms with van der Waals surface area (Å²) in [7, 11) is 4.22. The van der Waals surface area contributed by atoms with Crippen LogP contribution in [0.3, 0.4) is 0 Å². The van der Waals surface area contributed by atoms with Crippen LogP contribution in [0.25, 0.3) is 0 Å². The molecule has 1 aliphatic heterocycles. The van der Waals surface area contributed by atoms with Crippen molar-refractivity contribution in [3.05, 3.63) is 35.1 Å². The molecule has 0 bridgehead atoms. The van der Waals surface area contributed by atoms with E-state index in [-0.39, 0.29) is 5.82 Å². The van der Waals surface area contributed by atoms with Crippen LogP contribution in [0.2, 0.25) is 0 Å². The van der Waals surface area contributed by atoms with Crippen molar-refractivity contribution < 1.29 is 4.39 Å². The van der Waals surface area contributed by atoms with Gasteiger partial charge in [0, 0.05) is 31.2 Å². The lowest BCUT2D eigenvalue weighted by Crippen LogP contribution is -2.31. The molecule has 2 N–H and O–H groups in total. The predicted molar refractivity (Wildman–Crippen MR) is 79.7 cm³/mol. The van der Waals surface area contributed by atoms with Gasteiger partial charge in [-0.25, -0.2) is 4.39 Å². The van der Waals surface area contributed by atoms with E-state index >= 15 is 0 Å². The molecule has 20 heavy (non-hydrogen) atoms. The SMILES string of the molecule is CN(C)C1CCN(Cc2cc(F)cc(C#CCN)c2)C1. The van der Waals surface area contributed by atoms with Gasteiger partial charge in [-0.15, -0.1) is 0 Å². The standard InChI is InChI=1S/C16H22FN3/c1-19(2)16-5-7-20(12-16)11-14-8-13(4-3-6-18)9-15(17)10-14/h8-10,16H,5-7,11-12,18H2,1-2H3. The van der Waals surface area contributed by atoms with Crippen molar-refractivity contribution in [2.24, 2.45) is 5.73 Å². The van der Waals surface area contributed by atoms with Crippen LogP contribution >= 0.6 is 0 Å².